The van der Waals surface area contributed by atoms with Crippen LogP contribution in [0.3, 0.4) is 0 Å². The maximum absolute atomic E-state index is 11.1. The molecular formula is C9H9N5O. The van der Waals surface area contributed by atoms with E-state index < -0.39 is 5.91 Å². The van der Waals surface area contributed by atoms with Crippen LogP contribution in [-0.4, -0.2) is 25.7 Å². The summed E-state index contributed by atoms with van der Waals surface area (Å²) in [4.78, 5) is 19.1. The lowest BCUT2D eigenvalue weighted by Gasteiger charge is -2.05. The van der Waals surface area contributed by atoms with Gasteiger partial charge in [0.15, 0.2) is 5.82 Å². The van der Waals surface area contributed by atoms with Crippen LogP contribution < -0.4 is 5.73 Å². The molecule has 2 aromatic heterocycles. The van der Waals surface area contributed by atoms with E-state index in [9.17, 15) is 4.79 Å². The van der Waals surface area contributed by atoms with Crippen molar-refractivity contribution in [3.05, 3.63) is 36.0 Å². The number of nitrogens with two attached hydrogens (primary N) is 1. The highest BCUT2D eigenvalue weighted by Gasteiger charge is 2.11. The average molecular weight is 203 g/mol. The van der Waals surface area contributed by atoms with Crippen molar-refractivity contribution >= 4 is 5.91 Å². The third-order valence-corrected chi connectivity index (χ3v) is 1.92. The summed E-state index contributed by atoms with van der Waals surface area (Å²) in [5.41, 5.74) is 6.34. The molecule has 0 aliphatic carbocycles. The van der Waals surface area contributed by atoms with Crippen LogP contribution in [0, 0.1) is 6.92 Å². The molecule has 0 atom stereocenters. The number of hydrogen-bond donors (Lipinski definition) is 1. The summed E-state index contributed by atoms with van der Waals surface area (Å²) in [7, 11) is 0. The molecule has 2 N–H and O–H groups in total. The molecule has 0 saturated heterocycles. The van der Waals surface area contributed by atoms with E-state index in [0.29, 0.717) is 11.4 Å². The minimum Gasteiger partial charge on any atom is -0.365 e. The lowest BCUT2D eigenvalue weighted by Crippen LogP contribution is -2.16. The topological polar surface area (TPSA) is 86.7 Å². The molecule has 0 spiro atoms. The van der Waals surface area contributed by atoms with Crippen LogP contribution in [0.5, 0.6) is 0 Å². The number of pyridine rings is 1. The fourth-order valence-corrected chi connectivity index (χ4v) is 1.23. The number of rotatable bonds is 2. The molecule has 2 aromatic rings. The predicted molar refractivity (Wildman–Crippen MR) is 52.4 cm³/mol. The average Bonchev–Trinajstić information content (AvgIpc) is 2.69. The Morgan fingerprint density at radius 1 is 1.47 bits per heavy atom. The third kappa shape index (κ3) is 1.69. The molecule has 0 aliphatic rings. The summed E-state index contributed by atoms with van der Waals surface area (Å²) in [6.45, 7) is 1.82. The molecule has 0 radical (unpaired) electrons. The minimum atomic E-state index is -0.534. The highest BCUT2D eigenvalue weighted by molar-refractivity contribution is 5.95. The standard InChI is InChI=1S/C9H9N5O/c1-6-2-3-7(8(10)15)9(13-6)14-5-11-4-12-14/h2-5H,1H3,(H2,10,15). The van der Waals surface area contributed by atoms with Crippen LogP contribution in [0.4, 0.5) is 0 Å². The van der Waals surface area contributed by atoms with E-state index in [1.54, 1.807) is 12.1 Å². The molecule has 6 heteroatoms. The Kier molecular flexibility index (Phi) is 2.17. The second kappa shape index (κ2) is 3.49. The van der Waals surface area contributed by atoms with Gasteiger partial charge in [-0.1, -0.05) is 0 Å². The highest BCUT2D eigenvalue weighted by Crippen LogP contribution is 2.10. The molecule has 0 fully saturated rings. The fourth-order valence-electron chi connectivity index (χ4n) is 1.23. The Morgan fingerprint density at radius 2 is 2.27 bits per heavy atom. The molecule has 15 heavy (non-hydrogen) atoms. The summed E-state index contributed by atoms with van der Waals surface area (Å²) in [5.74, 6) is -0.131. The second-order valence-electron chi connectivity index (χ2n) is 3.03. The van der Waals surface area contributed by atoms with Gasteiger partial charge in [0.05, 0.1) is 5.56 Å². The maximum atomic E-state index is 11.1. The Hall–Kier alpha value is -2.24. The number of carbonyl (C=O) groups is 1. The van der Waals surface area contributed by atoms with Gasteiger partial charge in [-0.05, 0) is 19.1 Å². The Morgan fingerprint density at radius 3 is 2.87 bits per heavy atom. The van der Waals surface area contributed by atoms with E-state index in [4.69, 9.17) is 5.73 Å². The molecule has 6 nitrogen and oxygen atoms in total. The smallest absolute Gasteiger partial charge is 0.252 e. The highest BCUT2D eigenvalue weighted by atomic mass is 16.1. The second-order valence-corrected chi connectivity index (χ2v) is 3.03. The van der Waals surface area contributed by atoms with Crippen molar-refractivity contribution in [2.24, 2.45) is 5.73 Å². The number of primary amides is 1. The lowest BCUT2D eigenvalue weighted by molar-refractivity contribution is 0.1000. The quantitative estimate of drug-likeness (QED) is 0.748. The van der Waals surface area contributed by atoms with Crippen LogP contribution in [-0.2, 0) is 0 Å². The van der Waals surface area contributed by atoms with E-state index in [0.717, 1.165) is 5.69 Å². The number of aryl methyl sites for hydroxylation is 1. The van der Waals surface area contributed by atoms with Crippen LogP contribution in [0.1, 0.15) is 16.1 Å². The third-order valence-electron chi connectivity index (χ3n) is 1.92. The first-order valence-corrected chi connectivity index (χ1v) is 4.31. The van der Waals surface area contributed by atoms with Gasteiger partial charge in [-0.15, -0.1) is 0 Å². The van der Waals surface area contributed by atoms with Crippen molar-refractivity contribution in [1.29, 1.82) is 0 Å². The van der Waals surface area contributed by atoms with Gasteiger partial charge in [0.2, 0.25) is 0 Å². The minimum absolute atomic E-state index is 0.325. The van der Waals surface area contributed by atoms with Crippen LogP contribution in [0.2, 0.25) is 0 Å². The van der Waals surface area contributed by atoms with Crippen LogP contribution in [0.15, 0.2) is 24.8 Å². The normalized spacial score (nSPS) is 10.2. The number of nitrogens with zero attached hydrogens (tertiary/aromatic N) is 4. The van der Waals surface area contributed by atoms with Gasteiger partial charge >= 0.3 is 0 Å². The zero-order valence-electron chi connectivity index (χ0n) is 8.08. The van der Waals surface area contributed by atoms with Crippen molar-refractivity contribution in [3.63, 3.8) is 0 Å². The summed E-state index contributed by atoms with van der Waals surface area (Å²) in [6, 6.07) is 3.35. The van der Waals surface area contributed by atoms with Gasteiger partial charge in [0.25, 0.3) is 5.91 Å². The molecule has 0 aliphatic heterocycles. The van der Waals surface area contributed by atoms with Gasteiger partial charge in [0, 0.05) is 5.69 Å². The number of carbonyl (C=O) groups excluding carboxylic acids is 1. The van der Waals surface area contributed by atoms with E-state index in [2.05, 4.69) is 15.1 Å². The van der Waals surface area contributed by atoms with E-state index in [-0.39, 0.29) is 0 Å². The van der Waals surface area contributed by atoms with Crippen molar-refractivity contribution in [2.75, 3.05) is 0 Å². The first-order chi connectivity index (χ1) is 7.18. The van der Waals surface area contributed by atoms with Crippen molar-refractivity contribution < 1.29 is 4.79 Å². The van der Waals surface area contributed by atoms with Gasteiger partial charge in [0.1, 0.15) is 12.7 Å². The first-order valence-electron chi connectivity index (χ1n) is 4.31. The van der Waals surface area contributed by atoms with E-state index >= 15 is 0 Å². The predicted octanol–water partition coefficient (Wildman–Crippen LogP) is 0.0696. The largest absolute Gasteiger partial charge is 0.365 e. The molecule has 76 valence electrons. The van der Waals surface area contributed by atoms with Gasteiger partial charge in [-0.3, -0.25) is 4.79 Å². The molecule has 0 bridgehead atoms. The molecule has 1 amide bonds. The Labute approximate surface area is 85.8 Å². The number of amides is 1. The van der Waals surface area contributed by atoms with Gasteiger partial charge in [-0.2, -0.15) is 5.10 Å². The summed E-state index contributed by atoms with van der Waals surface area (Å²) in [5, 5.41) is 3.91. The Bertz CT molecular complexity index is 491. The SMILES string of the molecule is Cc1ccc(C(N)=O)c(-n2cncn2)n1. The molecule has 0 aromatic carbocycles. The molecular weight excluding hydrogens is 194 g/mol. The van der Waals surface area contributed by atoms with Crippen LogP contribution >= 0.6 is 0 Å². The van der Waals surface area contributed by atoms with E-state index in [1.165, 1.54) is 17.3 Å². The first kappa shape index (κ1) is 9.32. The number of aromatic nitrogens is 4. The van der Waals surface area contributed by atoms with Crippen molar-refractivity contribution in [2.45, 2.75) is 6.92 Å². The van der Waals surface area contributed by atoms with Gasteiger partial charge in [-0.25, -0.2) is 14.6 Å². The van der Waals surface area contributed by atoms with Crippen molar-refractivity contribution in [1.82, 2.24) is 19.7 Å². The fraction of sp³-hybridized carbons (Fsp3) is 0.111. The monoisotopic (exact) mass is 203 g/mol. The molecule has 0 saturated carbocycles. The zero-order chi connectivity index (χ0) is 10.8. The molecule has 2 rings (SSSR count). The lowest BCUT2D eigenvalue weighted by atomic mass is 10.2. The number of hydrogen-bond acceptors (Lipinski definition) is 4. The zero-order valence-corrected chi connectivity index (χ0v) is 8.08. The summed E-state index contributed by atoms with van der Waals surface area (Å²) >= 11 is 0. The summed E-state index contributed by atoms with van der Waals surface area (Å²) < 4.78 is 1.41. The molecule has 0 unspecified atom stereocenters. The van der Waals surface area contributed by atoms with E-state index in [1.807, 2.05) is 6.92 Å². The maximum Gasteiger partial charge on any atom is 0.252 e. The summed E-state index contributed by atoms with van der Waals surface area (Å²) in [6.07, 6.45) is 2.84. The Balaban J connectivity index is 2.63. The van der Waals surface area contributed by atoms with Crippen LogP contribution in [0.25, 0.3) is 5.82 Å². The molecule has 2 heterocycles. The van der Waals surface area contributed by atoms with Crippen molar-refractivity contribution in [3.8, 4) is 5.82 Å². The van der Waals surface area contributed by atoms with Gasteiger partial charge < -0.3 is 5.73 Å².